The van der Waals surface area contributed by atoms with Gasteiger partial charge in [0.15, 0.2) is 11.9 Å². The summed E-state index contributed by atoms with van der Waals surface area (Å²) in [7, 11) is 0. The van der Waals surface area contributed by atoms with Gasteiger partial charge in [-0.3, -0.25) is 0 Å². The van der Waals surface area contributed by atoms with Crippen LogP contribution in [0.2, 0.25) is 0 Å². The van der Waals surface area contributed by atoms with E-state index in [1.165, 1.54) is 4.68 Å². The average molecular weight is 274 g/mol. The summed E-state index contributed by atoms with van der Waals surface area (Å²) >= 11 is 1.63. The van der Waals surface area contributed by atoms with E-state index >= 15 is 0 Å². The first-order valence-corrected chi connectivity index (χ1v) is 6.53. The number of hydrogen-bond acceptors (Lipinski definition) is 5. The maximum atomic E-state index is 11.1. The number of carbonyl (C=O) groups is 1. The molecule has 0 saturated heterocycles. The number of aromatic nitrogens is 4. The van der Waals surface area contributed by atoms with Crippen molar-refractivity contribution in [3.8, 4) is 11.4 Å². The van der Waals surface area contributed by atoms with E-state index in [9.17, 15) is 4.79 Å². The first-order chi connectivity index (χ1) is 9.18. The molecule has 7 heteroatoms. The number of nitrogens with zero attached hydrogens (tertiary/aromatic N) is 4. The van der Waals surface area contributed by atoms with Crippen molar-refractivity contribution >= 4 is 27.4 Å². The van der Waals surface area contributed by atoms with E-state index in [4.69, 9.17) is 5.11 Å². The van der Waals surface area contributed by atoms with Gasteiger partial charge in [0, 0.05) is 15.6 Å². The van der Waals surface area contributed by atoms with Crippen LogP contribution in [0.4, 0.5) is 0 Å². The Hall–Kier alpha value is -2.28. The molecule has 96 valence electrons. The van der Waals surface area contributed by atoms with Crippen LogP contribution >= 0.6 is 11.3 Å². The summed E-state index contributed by atoms with van der Waals surface area (Å²) in [6, 6.07) is 7.00. The van der Waals surface area contributed by atoms with Crippen LogP contribution in [0.3, 0.4) is 0 Å². The van der Waals surface area contributed by atoms with Crippen molar-refractivity contribution in [2.75, 3.05) is 0 Å². The summed E-state index contributed by atoms with van der Waals surface area (Å²) in [5, 5.41) is 23.4. The number of thiophene rings is 1. The third-order valence-electron chi connectivity index (χ3n) is 2.95. The second kappa shape index (κ2) is 4.43. The zero-order valence-corrected chi connectivity index (χ0v) is 10.8. The minimum atomic E-state index is -0.967. The van der Waals surface area contributed by atoms with Gasteiger partial charge in [-0.25, -0.2) is 9.48 Å². The molecule has 3 rings (SSSR count). The summed E-state index contributed by atoms with van der Waals surface area (Å²) in [5.41, 5.74) is 0.844. The molecule has 1 unspecified atom stereocenters. The number of aliphatic carboxylic acids is 1. The Balaban J connectivity index is 2.20. The number of hydrogen-bond donors (Lipinski definition) is 1. The average Bonchev–Trinajstić information content (AvgIpc) is 3.05. The normalized spacial score (nSPS) is 12.7. The molecule has 1 atom stereocenters. The van der Waals surface area contributed by atoms with E-state index in [0.717, 1.165) is 15.6 Å². The lowest BCUT2D eigenvalue weighted by Gasteiger charge is -2.09. The Bertz CT molecular complexity index is 749. The summed E-state index contributed by atoms with van der Waals surface area (Å²) in [6.07, 6.45) is 0. The van der Waals surface area contributed by atoms with Crippen molar-refractivity contribution in [1.29, 1.82) is 0 Å². The lowest BCUT2D eigenvalue weighted by Crippen LogP contribution is -2.18. The zero-order chi connectivity index (χ0) is 13.4. The van der Waals surface area contributed by atoms with Crippen LogP contribution < -0.4 is 0 Å². The van der Waals surface area contributed by atoms with Crippen molar-refractivity contribution in [1.82, 2.24) is 20.2 Å². The Labute approximate surface area is 112 Å². The molecular weight excluding hydrogens is 264 g/mol. The lowest BCUT2D eigenvalue weighted by atomic mass is 10.1. The molecule has 0 saturated carbocycles. The lowest BCUT2D eigenvalue weighted by molar-refractivity contribution is -0.140. The van der Waals surface area contributed by atoms with Crippen molar-refractivity contribution in [3.05, 3.63) is 29.6 Å². The van der Waals surface area contributed by atoms with Gasteiger partial charge in [-0.15, -0.1) is 16.4 Å². The van der Waals surface area contributed by atoms with Gasteiger partial charge in [-0.1, -0.05) is 12.1 Å². The van der Waals surface area contributed by atoms with Crippen LogP contribution in [0.25, 0.3) is 21.5 Å². The summed E-state index contributed by atoms with van der Waals surface area (Å²) in [4.78, 5) is 11.1. The summed E-state index contributed by atoms with van der Waals surface area (Å²) in [5.74, 6) is -0.495. The van der Waals surface area contributed by atoms with Gasteiger partial charge in [0.2, 0.25) is 0 Å². The van der Waals surface area contributed by atoms with Gasteiger partial charge in [0.1, 0.15) is 0 Å². The third-order valence-corrected chi connectivity index (χ3v) is 3.84. The van der Waals surface area contributed by atoms with E-state index < -0.39 is 12.0 Å². The number of carboxylic acid groups (broad SMARTS) is 1. The summed E-state index contributed by atoms with van der Waals surface area (Å²) < 4.78 is 2.45. The quantitative estimate of drug-likeness (QED) is 0.791. The molecular formula is C12H10N4O2S. The standard InChI is InChI=1S/C12H10N4O2S/c1-7(12(17)18)16-11(13-14-15-16)9-3-2-4-10-8(9)5-6-19-10/h2-7H,1H3,(H,17,18). The second-order valence-electron chi connectivity index (χ2n) is 4.10. The van der Waals surface area contributed by atoms with E-state index in [0.29, 0.717) is 5.82 Å². The smallest absolute Gasteiger partial charge is 0.328 e. The molecule has 0 aliphatic rings. The van der Waals surface area contributed by atoms with E-state index in [1.807, 2.05) is 29.6 Å². The molecule has 0 spiro atoms. The number of rotatable bonds is 3. The molecule has 2 aromatic heterocycles. The highest BCUT2D eigenvalue weighted by Gasteiger charge is 2.21. The van der Waals surface area contributed by atoms with Gasteiger partial charge >= 0.3 is 5.97 Å². The first-order valence-electron chi connectivity index (χ1n) is 5.66. The van der Waals surface area contributed by atoms with Crippen LogP contribution in [-0.4, -0.2) is 31.3 Å². The van der Waals surface area contributed by atoms with Gasteiger partial charge in [-0.2, -0.15) is 0 Å². The molecule has 1 aromatic carbocycles. The number of tetrazole rings is 1. The molecule has 0 fully saturated rings. The van der Waals surface area contributed by atoms with Crippen LogP contribution in [0.5, 0.6) is 0 Å². The molecule has 0 radical (unpaired) electrons. The van der Waals surface area contributed by atoms with Crippen molar-refractivity contribution in [2.45, 2.75) is 13.0 Å². The van der Waals surface area contributed by atoms with Crippen LogP contribution in [0.1, 0.15) is 13.0 Å². The maximum absolute atomic E-state index is 11.1. The van der Waals surface area contributed by atoms with E-state index in [1.54, 1.807) is 18.3 Å². The number of benzene rings is 1. The molecule has 0 bridgehead atoms. The Morgan fingerprint density at radius 3 is 3.05 bits per heavy atom. The van der Waals surface area contributed by atoms with Crippen molar-refractivity contribution in [3.63, 3.8) is 0 Å². The maximum Gasteiger partial charge on any atom is 0.328 e. The van der Waals surface area contributed by atoms with Gasteiger partial charge in [0.05, 0.1) is 0 Å². The van der Waals surface area contributed by atoms with E-state index in [2.05, 4.69) is 15.5 Å². The fraction of sp³-hybridized carbons (Fsp3) is 0.167. The zero-order valence-electron chi connectivity index (χ0n) is 10.0. The Morgan fingerprint density at radius 2 is 2.26 bits per heavy atom. The van der Waals surface area contributed by atoms with Gasteiger partial charge < -0.3 is 5.11 Å². The molecule has 6 nitrogen and oxygen atoms in total. The highest BCUT2D eigenvalue weighted by atomic mass is 32.1. The van der Waals surface area contributed by atoms with Crippen LogP contribution in [0, 0.1) is 0 Å². The largest absolute Gasteiger partial charge is 0.480 e. The minimum absolute atomic E-state index is 0.471. The number of carboxylic acids is 1. The fourth-order valence-corrected chi connectivity index (χ4v) is 2.74. The Morgan fingerprint density at radius 1 is 1.42 bits per heavy atom. The minimum Gasteiger partial charge on any atom is -0.480 e. The van der Waals surface area contributed by atoms with Crippen LogP contribution in [-0.2, 0) is 4.79 Å². The monoisotopic (exact) mass is 274 g/mol. The molecule has 2 heterocycles. The molecule has 0 aliphatic heterocycles. The molecule has 0 amide bonds. The molecule has 19 heavy (non-hydrogen) atoms. The fourth-order valence-electron chi connectivity index (χ4n) is 1.93. The van der Waals surface area contributed by atoms with Crippen molar-refractivity contribution < 1.29 is 9.90 Å². The number of fused-ring (bicyclic) bond motifs is 1. The predicted octanol–water partition coefficient (Wildman–Crippen LogP) is 2.20. The Kier molecular flexibility index (Phi) is 2.75. The molecule has 0 aliphatic carbocycles. The van der Waals surface area contributed by atoms with Gasteiger partial charge in [-0.05, 0) is 34.9 Å². The highest BCUT2D eigenvalue weighted by molar-refractivity contribution is 7.17. The van der Waals surface area contributed by atoms with E-state index in [-0.39, 0.29) is 0 Å². The van der Waals surface area contributed by atoms with Crippen LogP contribution in [0.15, 0.2) is 29.6 Å². The van der Waals surface area contributed by atoms with Gasteiger partial charge in [0.25, 0.3) is 0 Å². The SMILES string of the molecule is CC(C(=O)O)n1nnnc1-c1cccc2sccc12. The van der Waals surface area contributed by atoms with Crippen molar-refractivity contribution in [2.24, 2.45) is 0 Å². The topological polar surface area (TPSA) is 80.9 Å². The molecule has 3 aromatic rings. The molecule has 1 N–H and O–H groups in total. The first kappa shape index (κ1) is 11.8. The third kappa shape index (κ3) is 1.88. The second-order valence-corrected chi connectivity index (χ2v) is 5.05. The predicted molar refractivity (Wildman–Crippen MR) is 71.0 cm³/mol. The summed E-state index contributed by atoms with van der Waals surface area (Å²) in [6.45, 7) is 1.55. The highest BCUT2D eigenvalue weighted by Crippen LogP contribution is 2.31.